The molecule has 1 saturated carbocycles. The van der Waals surface area contributed by atoms with Crippen LogP contribution < -0.4 is 5.32 Å². The first-order valence-electron chi connectivity index (χ1n) is 6.52. The third-order valence-electron chi connectivity index (χ3n) is 3.55. The summed E-state index contributed by atoms with van der Waals surface area (Å²) in [6.07, 6.45) is 10.8. The summed E-state index contributed by atoms with van der Waals surface area (Å²) < 4.78 is 2.01. The van der Waals surface area contributed by atoms with Gasteiger partial charge in [0.2, 0.25) is 0 Å². The predicted octanol–water partition coefficient (Wildman–Crippen LogP) is 2.22. The monoisotopic (exact) mass is 221 g/mol. The Morgan fingerprint density at radius 1 is 1.56 bits per heavy atom. The highest BCUT2D eigenvalue weighted by Crippen LogP contribution is 2.34. The van der Waals surface area contributed by atoms with Crippen LogP contribution in [-0.2, 0) is 13.0 Å². The van der Waals surface area contributed by atoms with Crippen LogP contribution in [0, 0.1) is 5.92 Å². The minimum Gasteiger partial charge on any atom is -0.317 e. The summed E-state index contributed by atoms with van der Waals surface area (Å²) in [6.45, 7) is 3.10. The molecule has 0 radical (unpaired) electrons. The van der Waals surface area contributed by atoms with Crippen LogP contribution >= 0.6 is 0 Å². The minimum absolute atomic E-state index is 0.751. The first-order valence-corrected chi connectivity index (χ1v) is 6.52. The van der Waals surface area contributed by atoms with Crippen LogP contribution in [0.25, 0.3) is 0 Å². The lowest BCUT2D eigenvalue weighted by atomic mass is 10.0. The van der Waals surface area contributed by atoms with E-state index >= 15 is 0 Å². The summed E-state index contributed by atoms with van der Waals surface area (Å²) in [4.78, 5) is 0. The van der Waals surface area contributed by atoms with Gasteiger partial charge in [-0.2, -0.15) is 5.10 Å². The Hall–Kier alpha value is -0.830. The van der Waals surface area contributed by atoms with E-state index in [4.69, 9.17) is 0 Å². The molecule has 3 nitrogen and oxygen atoms in total. The molecule has 2 rings (SSSR count). The molecule has 90 valence electrons. The molecule has 16 heavy (non-hydrogen) atoms. The highest BCUT2D eigenvalue weighted by atomic mass is 15.3. The molecule has 0 aliphatic heterocycles. The second kappa shape index (κ2) is 5.48. The van der Waals surface area contributed by atoms with Crippen LogP contribution in [0.4, 0.5) is 0 Å². The maximum atomic E-state index is 4.30. The number of hydrogen-bond donors (Lipinski definition) is 1. The third-order valence-corrected chi connectivity index (χ3v) is 3.55. The largest absolute Gasteiger partial charge is 0.317 e. The van der Waals surface area contributed by atoms with Gasteiger partial charge in [-0.05, 0) is 57.6 Å². The number of nitrogens with zero attached hydrogens (tertiary/aromatic N) is 2. The fourth-order valence-corrected chi connectivity index (χ4v) is 2.35. The summed E-state index contributed by atoms with van der Waals surface area (Å²) >= 11 is 0. The molecular weight excluding hydrogens is 198 g/mol. The molecule has 0 amide bonds. The van der Waals surface area contributed by atoms with E-state index in [0.717, 1.165) is 18.5 Å². The van der Waals surface area contributed by atoms with Crippen LogP contribution in [0.2, 0.25) is 0 Å². The van der Waals surface area contributed by atoms with Crippen LogP contribution in [0.5, 0.6) is 0 Å². The molecule has 1 heterocycles. The topological polar surface area (TPSA) is 29.9 Å². The van der Waals surface area contributed by atoms with Gasteiger partial charge in [0.25, 0.3) is 0 Å². The Bertz CT molecular complexity index is 315. The van der Waals surface area contributed by atoms with Gasteiger partial charge in [0.15, 0.2) is 0 Å². The summed E-state index contributed by atoms with van der Waals surface area (Å²) in [5, 5.41) is 7.75. The Morgan fingerprint density at radius 3 is 2.94 bits per heavy atom. The quantitative estimate of drug-likeness (QED) is 0.765. The Kier molecular flexibility index (Phi) is 3.99. The standard InChI is InChI=1S/C13H23N3/c1-3-16-10-11(9-15-16)5-4-6-13(14-2)12-7-8-12/h9-10,12-14H,3-8H2,1-2H3. The summed E-state index contributed by atoms with van der Waals surface area (Å²) in [5.41, 5.74) is 1.38. The highest BCUT2D eigenvalue weighted by Gasteiger charge is 2.29. The highest BCUT2D eigenvalue weighted by molar-refractivity contribution is 5.03. The van der Waals surface area contributed by atoms with Gasteiger partial charge in [-0.25, -0.2) is 0 Å². The number of rotatable bonds is 7. The van der Waals surface area contributed by atoms with Gasteiger partial charge in [0.1, 0.15) is 0 Å². The van der Waals surface area contributed by atoms with Gasteiger partial charge in [-0.3, -0.25) is 4.68 Å². The van der Waals surface area contributed by atoms with E-state index in [0.29, 0.717) is 0 Å². The molecular formula is C13H23N3. The fraction of sp³-hybridized carbons (Fsp3) is 0.769. The number of hydrogen-bond acceptors (Lipinski definition) is 2. The molecule has 3 heteroatoms. The molecule has 1 unspecified atom stereocenters. The molecule has 0 bridgehead atoms. The Morgan fingerprint density at radius 2 is 2.38 bits per heavy atom. The van der Waals surface area contributed by atoms with Gasteiger partial charge in [0, 0.05) is 18.8 Å². The lowest BCUT2D eigenvalue weighted by Gasteiger charge is -2.14. The van der Waals surface area contributed by atoms with Crippen molar-refractivity contribution in [3.8, 4) is 0 Å². The van der Waals surface area contributed by atoms with Crippen molar-refractivity contribution in [3.05, 3.63) is 18.0 Å². The molecule has 1 aromatic rings. The maximum absolute atomic E-state index is 4.30. The molecule has 0 saturated heterocycles. The average molecular weight is 221 g/mol. The molecule has 0 aromatic carbocycles. The van der Waals surface area contributed by atoms with Gasteiger partial charge in [-0.1, -0.05) is 0 Å². The van der Waals surface area contributed by atoms with E-state index in [1.165, 1.54) is 37.7 Å². The zero-order valence-electron chi connectivity index (χ0n) is 10.4. The first-order chi connectivity index (χ1) is 7.83. The van der Waals surface area contributed by atoms with Crippen molar-refractivity contribution in [1.29, 1.82) is 0 Å². The molecule has 1 atom stereocenters. The smallest absolute Gasteiger partial charge is 0.0521 e. The van der Waals surface area contributed by atoms with Crippen molar-refractivity contribution in [2.75, 3.05) is 7.05 Å². The Balaban J connectivity index is 1.70. The predicted molar refractivity (Wildman–Crippen MR) is 66.4 cm³/mol. The van der Waals surface area contributed by atoms with E-state index in [1.807, 2.05) is 10.9 Å². The van der Waals surface area contributed by atoms with E-state index in [2.05, 4.69) is 30.6 Å². The lowest BCUT2D eigenvalue weighted by molar-refractivity contribution is 0.456. The van der Waals surface area contributed by atoms with Crippen molar-refractivity contribution < 1.29 is 0 Å². The van der Waals surface area contributed by atoms with Gasteiger partial charge in [-0.15, -0.1) is 0 Å². The van der Waals surface area contributed by atoms with E-state index in [1.54, 1.807) is 0 Å². The molecule has 1 aliphatic carbocycles. The number of nitrogens with one attached hydrogen (secondary N) is 1. The van der Waals surface area contributed by atoms with Crippen LogP contribution in [0.15, 0.2) is 12.4 Å². The van der Waals surface area contributed by atoms with Gasteiger partial charge >= 0.3 is 0 Å². The SMILES string of the molecule is CCn1cc(CCCC(NC)C2CC2)cn1. The van der Waals surface area contributed by atoms with Crippen molar-refractivity contribution in [2.24, 2.45) is 5.92 Å². The lowest BCUT2D eigenvalue weighted by Crippen LogP contribution is -2.27. The third kappa shape index (κ3) is 3.08. The maximum Gasteiger partial charge on any atom is 0.0521 e. The molecule has 1 N–H and O–H groups in total. The minimum atomic E-state index is 0.751. The summed E-state index contributed by atoms with van der Waals surface area (Å²) in [7, 11) is 2.10. The van der Waals surface area contributed by atoms with E-state index < -0.39 is 0 Å². The van der Waals surface area contributed by atoms with Crippen LogP contribution in [0.1, 0.15) is 38.2 Å². The van der Waals surface area contributed by atoms with Crippen molar-refractivity contribution >= 4 is 0 Å². The molecule has 1 aliphatic rings. The average Bonchev–Trinajstić information content (AvgIpc) is 3.04. The van der Waals surface area contributed by atoms with E-state index in [9.17, 15) is 0 Å². The zero-order chi connectivity index (χ0) is 11.4. The second-order valence-corrected chi connectivity index (χ2v) is 4.83. The second-order valence-electron chi connectivity index (χ2n) is 4.83. The Labute approximate surface area is 98.2 Å². The van der Waals surface area contributed by atoms with Crippen molar-refractivity contribution in [1.82, 2.24) is 15.1 Å². The van der Waals surface area contributed by atoms with Crippen molar-refractivity contribution in [3.63, 3.8) is 0 Å². The summed E-state index contributed by atoms with van der Waals surface area (Å²) in [6, 6.07) is 0.751. The van der Waals surface area contributed by atoms with Gasteiger partial charge < -0.3 is 5.32 Å². The van der Waals surface area contributed by atoms with Gasteiger partial charge in [0.05, 0.1) is 6.20 Å². The number of aromatic nitrogens is 2. The van der Waals surface area contributed by atoms with E-state index in [-0.39, 0.29) is 0 Å². The summed E-state index contributed by atoms with van der Waals surface area (Å²) in [5.74, 6) is 0.961. The fourth-order valence-electron chi connectivity index (χ4n) is 2.35. The van der Waals surface area contributed by atoms with Crippen LogP contribution in [-0.4, -0.2) is 22.9 Å². The molecule has 0 spiro atoms. The molecule has 1 fully saturated rings. The van der Waals surface area contributed by atoms with Crippen LogP contribution in [0.3, 0.4) is 0 Å². The first kappa shape index (κ1) is 11.6. The van der Waals surface area contributed by atoms with Crippen molar-refractivity contribution in [2.45, 2.75) is 51.6 Å². The number of aryl methyl sites for hydroxylation is 2. The normalized spacial score (nSPS) is 17.6. The molecule has 1 aromatic heterocycles. The zero-order valence-corrected chi connectivity index (χ0v) is 10.4.